The van der Waals surface area contributed by atoms with E-state index in [1.54, 1.807) is 0 Å². The molecule has 49 valence electrons. The van der Waals surface area contributed by atoms with Gasteiger partial charge in [-0.1, -0.05) is 17.7 Å². The molecule has 0 aromatic heterocycles. The molecular formula is C8H10NaS. The molecule has 0 atom stereocenters. The van der Waals surface area contributed by atoms with Gasteiger partial charge in [-0.25, -0.2) is 0 Å². The van der Waals surface area contributed by atoms with Crippen molar-refractivity contribution in [3.05, 3.63) is 29.3 Å². The Morgan fingerprint density at radius 1 is 1.20 bits per heavy atom. The molecule has 1 radical (unpaired) electrons. The van der Waals surface area contributed by atoms with E-state index in [-0.39, 0.29) is 29.6 Å². The largest absolute Gasteiger partial charge is 0.143 e. The first kappa shape index (κ1) is 10.6. The van der Waals surface area contributed by atoms with Crippen LogP contribution in [0, 0.1) is 13.8 Å². The average molecular weight is 161 g/mol. The summed E-state index contributed by atoms with van der Waals surface area (Å²) >= 11 is 4.25. The molecule has 1 aromatic carbocycles. The van der Waals surface area contributed by atoms with E-state index in [0.717, 1.165) is 4.90 Å². The molecular weight excluding hydrogens is 151 g/mol. The molecule has 1 rings (SSSR count). The van der Waals surface area contributed by atoms with Crippen molar-refractivity contribution in [2.24, 2.45) is 0 Å². The van der Waals surface area contributed by atoms with Gasteiger partial charge < -0.3 is 0 Å². The Kier molecular flexibility index (Phi) is 4.70. The molecule has 0 fully saturated rings. The molecule has 10 heavy (non-hydrogen) atoms. The van der Waals surface area contributed by atoms with Crippen LogP contribution in [0.3, 0.4) is 0 Å². The summed E-state index contributed by atoms with van der Waals surface area (Å²) < 4.78 is 0. The smallest absolute Gasteiger partial charge is 0.00694 e. The van der Waals surface area contributed by atoms with Crippen molar-refractivity contribution in [3.63, 3.8) is 0 Å². The van der Waals surface area contributed by atoms with Crippen LogP contribution in [0.4, 0.5) is 0 Å². The van der Waals surface area contributed by atoms with Gasteiger partial charge in [-0.15, -0.1) is 12.6 Å². The van der Waals surface area contributed by atoms with E-state index in [1.807, 2.05) is 6.07 Å². The standard InChI is InChI=1S/C8H10S.Na/c1-6-3-4-8(9)7(2)5-6;/h3-5,9H,1-2H3;. The van der Waals surface area contributed by atoms with Crippen LogP contribution in [-0.4, -0.2) is 29.6 Å². The van der Waals surface area contributed by atoms with E-state index >= 15 is 0 Å². The first-order chi connectivity index (χ1) is 4.20. The number of aryl methyl sites for hydroxylation is 2. The molecule has 0 nitrogen and oxygen atoms in total. The summed E-state index contributed by atoms with van der Waals surface area (Å²) in [6, 6.07) is 6.21. The van der Waals surface area contributed by atoms with Gasteiger partial charge in [0.25, 0.3) is 0 Å². The van der Waals surface area contributed by atoms with Gasteiger partial charge in [-0.05, 0) is 25.5 Å². The second kappa shape index (κ2) is 4.45. The Bertz CT molecular complexity index is 220. The Hall–Kier alpha value is 0.570. The van der Waals surface area contributed by atoms with Crippen LogP contribution in [0.15, 0.2) is 23.1 Å². The van der Waals surface area contributed by atoms with Gasteiger partial charge in [-0.2, -0.15) is 0 Å². The van der Waals surface area contributed by atoms with Crippen molar-refractivity contribution in [2.45, 2.75) is 18.7 Å². The zero-order valence-corrected chi connectivity index (χ0v) is 9.57. The number of thiol groups is 1. The molecule has 0 unspecified atom stereocenters. The number of benzene rings is 1. The zero-order valence-electron chi connectivity index (χ0n) is 6.68. The number of hydrogen-bond acceptors (Lipinski definition) is 1. The molecule has 2 heteroatoms. The Balaban J connectivity index is 0.000000810. The van der Waals surface area contributed by atoms with Gasteiger partial charge >= 0.3 is 0 Å². The molecule has 0 aliphatic rings. The maximum absolute atomic E-state index is 4.25. The van der Waals surface area contributed by atoms with Crippen LogP contribution < -0.4 is 0 Å². The van der Waals surface area contributed by atoms with Crippen LogP contribution >= 0.6 is 12.6 Å². The second-order valence-electron chi connectivity index (χ2n) is 2.29. The number of hydrogen-bond donors (Lipinski definition) is 1. The summed E-state index contributed by atoms with van der Waals surface area (Å²) in [5.41, 5.74) is 2.55. The topological polar surface area (TPSA) is 0 Å². The van der Waals surface area contributed by atoms with Gasteiger partial charge in [0.15, 0.2) is 0 Å². The first-order valence-electron chi connectivity index (χ1n) is 2.96. The second-order valence-corrected chi connectivity index (χ2v) is 2.77. The van der Waals surface area contributed by atoms with Crippen molar-refractivity contribution in [1.29, 1.82) is 0 Å². The SMILES string of the molecule is Cc1ccc(S)c(C)c1.[Na]. The third-order valence-electron chi connectivity index (χ3n) is 1.35. The monoisotopic (exact) mass is 161 g/mol. The van der Waals surface area contributed by atoms with Crippen molar-refractivity contribution < 1.29 is 0 Å². The van der Waals surface area contributed by atoms with Crippen LogP contribution in [-0.2, 0) is 0 Å². The molecule has 0 saturated carbocycles. The minimum Gasteiger partial charge on any atom is -0.143 e. The Morgan fingerprint density at radius 2 is 1.80 bits per heavy atom. The van der Waals surface area contributed by atoms with Crippen LogP contribution in [0.1, 0.15) is 11.1 Å². The van der Waals surface area contributed by atoms with Gasteiger partial charge in [0.2, 0.25) is 0 Å². The van der Waals surface area contributed by atoms with E-state index in [4.69, 9.17) is 0 Å². The van der Waals surface area contributed by atoms with E-state index in [1.165, 1.54) is 11.1 Å². The van der Waals surface area contributed by atoms with Crippen LogP contribution in [0.25, 0.3) is 0 Å². The van der Waals surface area contributed by atoms with Crippen molar-refractivity contribution >= 4 is 42.2 Å². The minimum absolute atomic E-state index is 0. The van der Waals surface area contributed by atoms with E-state index < -0.39 is 0 Å². The summed E-state index contributed by atoms with van der Waals surface area (Å²) in [4.78, 5) is 1.07. The fourth-order valence-corrected chi connectivity index (χ4v) is 0.944. The molecule has 0 N–H and O–H groups in total. The van der Waals surface area contributed by atoms with Crippen molar-refractivity contribution in [1.82, 2.24) is 0 Å². The summed E-state index contributed by atoms with van der Waals surface area (Å²) in [7, 11) is 0. The van der Waals surface area contributed by atoms with Gasteiger partial charge in [0.1, 0.15) is 0 Å². The van der Waals surface area contributed by atoms with E-state index in [2.05, 4.69) is 38.6 Å². The van der Waals surface area contributed by atoms with E-state index in [0.29, 0.717) is 0 Å². The summed E-state index contributed by atoms with van der Waals surface area (Å²) in [6.45, 7) is 4.15. The minimum atomic E-state index is 0. The molecule has 1 aromatic rings. The molecule has 0 heterocycles. The molecule has 0 saturated heterocycles. The van der Waals surface area contributed by atoms with Crippen LogP contribution in [0.5, 0.6) is 0 Å². The maximum atomic E-state index is 4.25. The predicted octanol–water partition coefficient (Wildman–Crippen LogP) is 2.21. The molecule has 0 spiro atoms. The van der Waals surface area contributed by atoms with Gasteiger partial charge in [0.05, 0.1) is 0 Å². The van der Waals surface area contributed by atoms with E-state index in [9.17, 15) is 0 Å². The van der Waals surface area contributed by atoms with Crippen LogP contribution in [0.2, 0.25) is 0 Å². The molecule has 0 bridgehead atoms. The summed E-state index contributed by atoms with van der Waals surface area (Å²) in [6.07, 6.45) is 0. The molecule has 0 aliphatic heterocycles. The zero-order chi connectivity index (χ0) is 6.85. The predicted molar refractivity (Wildman–Crippen MR) is 48.9 cm³/mol. The Labute approximate surface area is 89.7 Å². The average Bonchev–Trinajstić information content (AvgIpc) is 1.80. The maximum Gasteiger partial charge on any atom is 0.00694 e. The number of rotatable bonds is 0. The third kappa shape index (κ3) is 2.67. The normalized spacial score (nSPS) is 8.70. The van der Waals surface area contributed by atoms with Crippen molar-refractivity contribution in [2.75, 3.05) is 0 Å². The summed E-state index contributed by atoms with van der Waals surface area (Å²) in [5.74, 6) is 0. The quantitative estimate of drug-likeness (QED) is 0.437. The third-order valence-corrected chi connectivity index (χ3v) is 1.85. The summed E-state index contributed by atoms with van der Waals surface area (Å²) in [5, 5.41) is 0. The molecule has 0 aliphatic carbocycles. The molecule has 0 amide bonds. The fourth-order valence-electron chi connectivity index (χ4n) is 0.805. The Morgan fingerprint density at radius 3 is 2.20 bits per heavy atom. The first-order valence-corrected chi connectivity index (χ1v) is 3.41. The van der Waals surface area contributed by atoms with Gasteiger partial charge in [0, 0.05) is 34.5 Å². The van der Waals surface area contributed by atoms with Gasteiger partial charge in [-0.3, -0.25) is 0 Å². The fraction of sp³-hybridized carbons (Fsp3) is 0.250. The van der Waals surface area contributed by atoms with Crippen molar-refractivity contribution in [3.8, 4) is 0 Å².